The molecule has 2 aromatic rings. The Balaban J connectivity index is 2.31. The summed E-state index contributed by atoms with van der Waals surface area (Å²) >= 11 is 0. The molecule has 0 saturated heterocycles. The standard InChI is InChI=1S/C11H14N2O2/c1-3-5-12-11(14)9-7-10-8(13(9)2)4-6-15-10/h4,6-7H,3,5H2,1-2H3,(H,12,14). The van der Waals surface area contributed by atoms with E-state index in [9.17, 15) is 4.79 Å². The number of hydrogen-bond acceptors (Lipinski definition) is 2. The number of rotatable bonds is 3. The zero-order valence-corrected chi connectivity index (χ0v) is 8.91. The van der Waals surface area contributed by atoms with Crippen molar-refractivity contribution >= 4 is 17.0 Å². The largest absolute Gasteiger partial charge is 0.463 e. The maximum absolute atomic E-state index is 11.7. The van der Waals surface area contributed by atoms with Crippen molar-refractivity contribution in [1.82, 2.24) is 9.88 Å². The minimum atomic E-state index is -0.0502. The first-order valence-electron chi connectivity index (χ1n) is 5.05. The predicted molar refractivity (Wildman–Crippen MR) is 57.8 cm³/mol. The van der Waals surface area contributed by atoms with Gasteiger partial charge in [0.1, 0.15) is 5.69 Å². The molecule has 0 saturated carbocycles. The zero-order chi connectivity index (χ0) is 10.8. The SMILES string of the molecule is CCCNC(=O)c1cc2occc2n1C. The molecule has 2 aromatic heterocycles. The van der Waals surface area contributed by atoms with Gasteiger partial charge >= 0.3 is 0 Å². The molecule has 0 aliphatic heterocycles. The van der Waals surface area contributed by atoms with Gasteiger partial charge in [0.15, 0.2) is 5.58 Å². The lowest BCUT2D eigenvalue weighted by Gasteiger charge is -2.04. The molecule has 0 atom stereocenters. The Kier molecular flexibility index (Phi) is 2.49. The molecule has 0 spiro atoms. The van der Waals surface area contributed by atoms with Crippen LogP contribution in [-0.4, -0.2) is 17.0 Å². The maximum atomic E-state index is 11.7. The molecule has 0 aliphatic carbocycles. The van der Waals surface area contributed by atoms with E-state index in [1.807, 2.05) is 24.6 Å². The van der Waals surface area contributed by atoms with Crippen molar-refractivity contribution in [1.29, 1.82) is 0 Å². The zero-order valence-electron chi connectivity index (χ0n) is 8.91. The average Bonchev–Trinajstić information content (AvgIpc) is 2.78. The van der Waals surface area contributed by atoms with Gasteiger partial charge in [0.25, 0.3) is 5.91 Å². The fraction of sp³-hybridized carbons (Fsp3) is 0.364. The van der Waals surface area contributed by atoms with E-state index >= 15 is 0 Å². The summed E-state index contributed by atoms with van der Waals surface area (Å²) in [7, 11) is 1.86. The van der Waals surface area contributed by atoms with Crippen LogP contribution in [0.25, 0.3) is 11.1 Å². The van der Waals surface area contributed by atoms with Gasteiger partial charge in [-0.05, 0) is 6.42 Å². The van der Waals surface area contributed by atoms with E-state index < -0.39 is 0 Å². The first-order chi connectivity index (χ1) is 7.24. The van der Waals surface area contributed by atoms with Gasteiger partial charge in [-0.1, -0.05) is 6.92 Å². The van der Waals surface area contributed by atoms with Crippen molar-refractivity contribution < 1.29 is 9.21 Å². The number of carbonyl (C=O) groups is 1. The smallest absolute Gasteiger partial charge is 0.268 e. The molecule has 0 bridgehead atoms. The molecule has 0 unspecified atom stereocenters. The molecule has 80 valence electrons. The Hall–Kier alpha value is -1.71. The van der Waals surface area contributed by atoms with Crippen LogP contribution in [0, 0.1) is 0 Å². The molecular weight excluding hydrogens is 192 g/mol. The average molecular weight is 206 g/mol. The van der Waals surface area contributed by atoms with E-state index in [0.717, 1.165) is 17.5 Å². The Morgan fingerprint density at radius 2 is 2.40 bits per heavy atom. The van der Waals surface area contributed by atoms with Crippen LogP contribution < -0.4 is 5.32 Å². The molecule has 2 rings (SSSR count). The number of carbonyl (C=O) groups excluding carboxylic acids is 1. The van der Waals surface area contributed by atoms with E-state index in [-0.39, 0.29) is 5.91 Å². The molecule has 2 heterocycles. The Morgan fingerprint density at radius 3 is 3.07 bits per heavy atom. The second kappa shape index (κ2) is 3.81. The third-order valence-electron chi connectivity index (χ3n) is 2.43. The molecule has 15 heavy (non-hydrogen) atoms. The van der Waals surface area contributed by atoms with Crippen LogP contribution in [0.5, 0.6) is 0 Å². The third-order valence-corrected chi connectivity index (χ3v) is 2.43. The summed E-state index contributed by atoms with van der Waals surface area (Å²) in [6, 6.07) is 3.62. The number of furan rings is 1. The van der Waals surface area contributed by atoms with Gasteiger partial charge in [-0.25, -0.2) is 0 Å². The van der Waals surface area contributed by atoms with Crippen LogP contribution >= 0.6 is 0 Å². The minimum Gasteiger partial charge on any atom is -0.463 e. The number of fused-ring (bicyclic) bond motifs is 1. The van der Waals surface area contributed by atoms with E-state index in [4.69, 9.17) is 4.42 Å². The lowest BCUT2D eigenvalue weighted by atomic mass is 10.4. The second-order valence-electron chi connectivity index (χ2n) is 3.51. The van der Waals surface area contributed by atoms with E-state index in [0.29, 0.717) is 12.2 Å². The molecule has 0 fully saturated rings. The minimum absolute atomic E-state index is 0.0502. The van der Waals surface area contributed by atoms with Crippen LogP contribution in [0.15, 0.2) is 22.8 Å². The van der Waals surface area contributed by atoms with Crippen LogP contribution in [0.2, 0.25) is 0 Å². The summed E-state index contributed by atoms with van der Waals surface area (Å²) in [6.07, 6.45) is 2.56. The molecule has 4 heteroatoms. The van der Waals surface area contributed by atoms with Gasteiger partial charge in [0.2, 0.25) is 0 Å². The number of aromatic nitrogens is 1. The number of aryl methyl sites for hydroxylation is 1. The molecule has 1 N–H and O–H groups in total. The predicted octanol–water partition coefficient (Wildman–Crippen LogP) is 1.91. The van der Waals surface area contributed by atoms with Gasteiger partial charge < -0.3 is 14.3 Å². The summed E-state index contributed by atoms with van der Waals surface area (Å²) in [4.78, 5) is 11.7. The third kappa shape index (κ3) is 1.63. The van der Waals surface area contributed by atoms with Crippen molar-refractivity contribution in [3.8, 4) is 0 Å². The van der Waals surface area contributed by atoms with Gasteiger partial charge in [-0.2, -0.15) is 0 Å². The van der Waals surface area contributed by atoms with E-state index in [2.05, 4.69) is 5.32 Å². The van der Waals surface area contributed by atoms with Crippen molar-refractivity contribution in [2.45, 2.75) is 13.3 Å². The van der Waals surface area contributed by atoms with Crippen LogP contribution in [0.1, 0.15) is 23.8 Å². The van der Waals surface area contributed by atoms with Crippen LogP contribution in [-0.2, 0) is 7.05 Å². The van der Waals surface area contributed by atoms with Crippen LogP contribution in [0.4, 0.5) is 0 Å². The van der Waals surface area contributed by atoms with Gasteiger partial charge in [-0.15, -0.1) is 0 Å². The number of nitrogens with zero attached hydrogens (tertiary/aromatic N) is 1. The topological polar surface area (TPSA) is 47.2 Å². The molecule has 1 amide bonds. The quantitative estimate of drug-likeness (QED) is 0.833. The van der Waals surface area contributed by atoms with Crippen LogP contribution in [0.3, 0.4) is 0 Å². The lowest BCUT2D eigenvalue weighted by molar-refractivity contribution is 0.0946. The maximum Gasteiger partial charge on any atom is 0.268 e. The van der Waals surface area contributed by atoms with Gasteiger partial charge in [0, 0.05) is 25.7 Å². The lowest BCUT2D eigenvalue weighted by Crippen LogP contribution is -2.25. The monoisotopic (exact) mass is 206 g/mol. The Morgan fingerprint density at radius 1 is 1.60 bits per heavy atom. The summed E-state index contributed by atoms with van der Waals surface area (Å²) in [6.45, 7) is 2.72. The molecular formula is C11H14N2O2. The fourth-order valence-corrected chi connectivity index (χ4v) is 1.60. The molecule has 0 aliphatic rings. The molecule has 0 radical (unpaired) electrons. The molecule has 0 aromatic carbocycles. The van der Waals surface area contributed by atoms with Gasteiger partial charge in [0.05, 0.1) is 11.8 Å². The number of hydrogen-bond donors (Lipinski definition) is 1. The summed E-state index contributed by atoms with van der Waals surface area (Å²) in [5, 5.41) is 2.84. The highest BCUT2D eigenvalue weighted by Gasteiger charge is 2.13. The summed E-state index contributed by atoms with van der Waals surface area (Å²) < 4.78 is 7.07. The van der Waals surface area contributed by atoms with E-state index in [1.165, 1.54) is 0 Å². The van der Waals surface area contributed by atoms with Crippen molar-refractivity contribution in [2.75, 3.05) is 6.54 Å². The first kappa shape index (κ1) is 9.83. The van der Waals surface area contributed by atoms with Crippen molar-refractivity contribution in [3.05, 3.63) is 24.1 Å². The number of nitrogens with one attached hydrogen (secondary N) is 1. The van der Waals surface area contributed by atoms with Crippen molar-refractivity contribution in [2.24, 2.45) is 7.05 Å². The highest BCUT2D eigenvalue weighted by atomic mass is 16.3. The number of amides is 1. The first-order valence-corrected chi connectivity index (χ1v) is 5.05. The summed E-state index contributed by atoms with van der Waals surface area (Å²) in [5.41, 5.74) is 2.33. The van der Waals surface area contributed by atoms with E-state index in [1.54, 1.807) is 12.3 Å². The fourth-order valence-electron chi connectivity index (χ4n) is 1.60. The second-order valence-corrected chi connectivity index (χ2v) is 3.51. The normalized spacial score (nSPS) is 10.8. The van der Waals surface area contributed by atoms with Gasteiger partial charge in [-0.3, -0.25) is 4.79 Å². The Bertz CT molecular complexity index is 482. The molecule has 4 nitrogen and oxygen atoms in total. The highest BCUT2D eigenvalue weighted by molar-refractivity contribution is 5.97. The summed E-state index contributed by atoms with van der Waals surface area (Å²) in [5.74, 6) is -0.0502. The highest BCUT2D eigenvalue weighted by Crippen LogP contribution is 2.19. The van der Waals surface area contributed by atoms with Crippen molar-refractivity contribution in [3.63, 3.8) is 0 Å². The Labute approximate surface area is 87.9 Å².